The zero-order valence-electron chi connectivity index (χ0n) is 38.3. The Morgan fingerprint density at radius 1 is 1.00 bits per heavy atom. The molecular formula is C47H59F7N5O7PS. The quantitative estimate of drug-likeness (QED) is 0.0725. The van der Waals surface area contributed by atoms with E-state index in [1.165, 1.54) is 24.3 Å². The lowest BCUT2D eigenvalue weighted by atomic mass is 9.90. The van der Waals surface area contributed by atoms with Gasteiger partial charge in [0.2, 0.25) is 17.7 Å². The monoisotopic (exact) mass is 1000 g/mol. The first-order valence-corrected chi connectivity index (χ1v) is 25.8. The van der Waals surface area contributed by atoms with E-state index < -0.39 is 68.7 Å². The van der Waals surface area contributed by atoms with Gasteiger partial charge in [-0.05, 0) is 119 Å². The number of amides is 3. The molecule has 2 unspecified atom stereocenters. The number of carbonyl (C=O) groups is 4. The highest BCUT2D eigenvalue weighted by molar-refractivity contribution is 7.57. The van der Waals surface area contributed by atoms with E-state index in [-0.39, 0.29) is 78.3 Å². The molecule has 0 radical (unpaired) electrons. The van der Waals surface area contributed by atoms with Crippen molar-refractivity contribution in [1.29, 1.82) is 0 Å². The molecule has 3 saturated heterocycles. The lowest BCUT2D eigenvalue weighted by Crippen LogP contribution is -2.56. The minimum Gasteiger partial charge on any atom is -0.465 e. The van der Waals surface area contributed by atoms with E-state index >= 15 is 4.39 Å². The largest absolute Gasteiger partial charge is 0.465 e. The van der Waals surface area contributed by atoms with Crippen molar-refractivity contribution in [3.8, 4) is 0 Å². The average Bonchev–Trinajstić information content (AvgIpc) is 3.56. The topological polar surface area (TPSA) is 138 Å². The fourth-order valence-corrected chi connectivity index (χ4v) is 12.9. The summed E-state index contributed by atoms with van der Waals surface area (Å²) in [6, 6.07) is 12.5. The molecule has 8 atom stereocenters. The number of ether oxygens (including phenoxy) is 1. The number of hydrogen-bond donors (Lipinski definition) is 2. The van der Waals surface area contributed by atoms with Crippen LogP contribution in [0.2, 0.25) is 0 Å². The Balaban J connectivity index is 1.08. The molecule has 0 bridgehead atoms. The van der Waals surface area contributed by atoms with Crippen LogP contribution >= 0.6 is 18.9 Å². The predicted molar refractivity (Wildman–Crippen MR) is 242 cm³/mol. The van der Waals surface area contributed by atoms with Crippen molar-refractivity contribution in [2.45, 2.75) is 138 Å². The predicted octanol–water partition coefficient (Wildman–Crippen LogP) is 9.65. The van der Waals surface area contributed by atoms with Gasteiger partial charge in [-0.15, -0.1) is 11.3 Å². The molecule has 374 valence electrons. The second-order valence-corrected chi connectivity index (χ2v) is 22.0. The van der Waals surface area contributed by atoms with Gasteiger partial charge in [-0.3, -0.25) is 23.7 Å². The Morgan fingerprint density at radius 2 is 1.74 bits per heavy atom. The SMILES string of the molecule is CCCOC(=O)[C@H](C)NP(=O)(OCC(F)(F)F)[C@H](F)c1ccc2sc(C(=O)NCC3CC[C@H](N(C)CCCC(F)(F)F)C[C@H]4CC[C@@H](C(=O)N5C[C@H](c6ccccc6)CC56CC6)N4C3=O)cc2c1. The third kappa shape index (κ3) is 12.2. The molecule has 4 fully saturated rings. The molecular weight excluding hydrogens is 943 g/mol. The van der Waals surface area contributed by atoms with Crippen LogP contribution < -0.4 is 10.4 Å². The lowest BCUT2D eigenvalue weighted by molar-refractivity contribution is -0.154. The van der Waals surface area contributed by atoms with E-state index in [0.29, 0.717) is 48.7 Å². The first-order valence-electron chi connectivity index (χ1n) is 23.3. The zero-order valence-corrected chi connectivity index (χ0v) is 40.0. The van der Waals surface area contributed by atoms with E-state index in [1.54, 1.807) is 18.9 Å². The normalized spacial score (nSPS) is 24.6. The standard InChI is InChI=1S/C47H59F7N5O7PS/c1-4-21-65-44(63)29(2)56-67(64,66-28-47(52,53)54)40(48)31-12-16-38-33(22-31)23-39(68-38)41(60)55-26-32-11-13-35(57(3)20-8-17-46(49,50)51)24-36-14-15-37(59(36)42(32)61)43(62)58-27-34(25-45(58)18-19-45)30-9-6-5-7-10-30/h5-7,9-10,12,16,22-23,29,32,34-37,40H,4,8,11,13-15,17-21,24-28H2,1-3H3,(H,55,60)(H,56,64)/t29-,32?,34+,35-,36+,37-,40-,67?/m0/s1. The van der Waals surface area contributed by atoms with E-state index in [4.69, 9.17) is 4.74 Å². The number of rotatable bonds is 18. The summed E-state index contributed by atoms with van der Waals surface area (Å²) < 4.78 is 119. The van der Waals surface area contributed by atoms with Gasteiger partial charge in [-0.1, -0.05) is 43.3 Å². The van der Waals surface area contributed by atoms with Crippen LogP contribution in [0.15, 0.2) is 54.6 Å². The molecule has 7 rings (SSSR count). The molecule has 1 saturated carbocycles. The highest BCUT2D eigenvalue weighted by Gasteiger charge is 2.58. The summed E-state index contributed by atoms with van der Waals surface area (Å²) in [6.07, 6.45) is -5.04. The van der Waals surface area contributed by atoms with Crippen LogP contribution in [0.4, 0.5) is 30.7 Å². The summed E-state index contributed by atoms with van der Waals surface area (Å²) in [5.41, 5.74) is 0.559. The molecule has 1 spiro atoms. The number of thiophene rings is 1. The van der Waals surface area contributed by atoms with Gasteiger partial charge in [0.05, 0.1) is 17.4 Å². The second-order valence-electron chi connectivity index (χ2n) is 18.8. The van der Waals surface area contributed by atoms with E-state index in [9.17, 15) is 50.1 Å². The first-order chi connectivity index (χ1) is 32.1. The summed E-state index contributed by atoms with van der Waals surface area (Å²) in [5, 5.41) is 5.26. The van der Waals surface area contributed by atoms with Crippen LogP contribution in [-0.2, 0) is 28.2 Å². The summed E-state index contributed by atoms with van der Waals surface area (Å²) >= 11 is 1.02. The van der Waals surface area contributed by atoms with Gasteiger partial charge in [-0.25, -0.2) is 9.48 Å². The number of hydrogen-bond acceptors (Lipinski definition) is 9. The maximum atomic E-state index is 16.2. The molecule has 4 aliphatic rings. The number of esters is 1. The molecule has 3 amide bonds. The zero-order chi connectivity index (χ0) is 49.2. The summed E-state index contributed by atoms with van der Waals surface area (Å²) in [6.45, 7) is 1.39. The maximum absolute atomic E-state index is 16.2. The summed E-state index contributed by atoms with van der Waals surface area (Å²) in [4.78, 5) is 61.4. The van der Waals surface area contributed by atoms with Crippen LogP contribution in [-0.4, -0.2) is 120 Å². The van der Waals surface area contributed by atoms with Gasteiger partial charge in [0.15, 0.2) is 6.61 Å². The fraction of sp³-hybridized carbons (Fsp3) is 0.617. The van der Waals surface area contributed by atoms with Crippen molar-refractivity contribution in [3.63, 3.8) is 0 Å². The summed E-state index contributed by atoms with van der Waals surface area (Å²) in [5.74, 6) is -5.20. The van der Waals surface area contributed by atoms with E-state index in [2.05, 4.69) is 27.1 Å². The van der Waals surface area contributed by atoms with Crippen LogP contribution in [0.1, 0.15) is 117 Å². The molecule has 12 nitrogen and oxygen atoms in total. The van der Waals surface area contributed by atoms with E-state index in [0.717, 1.165) is 43.1 Å². The molecule has 3 aromatic rings. The molecule has 3 aliphatic heterocycles. The van der Waals surface area contributed by atoms with Crippen molar-refractivity contribution < 1.29 is 63.7 Å². The minimum absolute atomic E-state index is 0.0235. The number of likely N-dealkylation sites (tertiary alicyclic amines) is 1. The molecule has 2 N–H and O–H groups in total. The molecule has 1 aromatic heterocycles. The van der Waals surface area contributed by atoms with Crippen LogP contribution in [0, 0.1) is 5.92 Å². The highest BCUT2D eigenvalue weighted by atomic mass is 32.1. The van der Waals surface area contributed by atoms with Gasteiger partial charge >= 0.3 is 25.8 Å². The highest BCUT2D eigenvalue weighted by Crippen LogP contribution is 2.59. The van der Waals surface area contributed by atoms with E-state index in [1.807, 2.05) is 28.0 Å². The third-order valence-corrected chi connectivity index (χ3v) is 17.1. The van der Waals surface area contributed by atoms with Gasteiger partial charge < -0.3 is 29.3 Å². The van der Waals surface area contributed by atoms with Gasteiger partial charge in [0.25, 0.3) is 5.91 Å². The third-order valence-electron chi connectivity index (χ3n) is 13.8. The van der Waals surface area contributed by atoms with Gasteiger partial charge in [-0.2, -0.15) is 26.3 Å². The molecule has 68 heavy (non-hydrogen) atoms. The average molecular weight is 1000 g/mol. The van der Waals surface area contributed by atoms with Crippen molar-refractivity contribution in [1.82, 2.24) is 25.1 Å². The molecule has 4 heterocycles. The smallest absolute Gasteiger partial charge is 0.412 e. The van der Waals surface area contributed by atoms with Crippen LogP contribution in [0.25, 0.3) is 10.1 Å². The molecule has 21 heteroatoms. The number of alkyl halides is 7. The first kappa shape index (κ1) is 51.7. The minimum atomic E-state index is -5.09. The lowest BCUT2D eigenvalue weighted by Gasteiger charge is -2.41. The van der Waals surface area contributed by atoms with Crippen LogP contribution in [0.5, 0.6) is 0 Å². The molecule has 1 aliphatic carbocycles. The van der Waals surface area contributed by atoms with Crippen molar-refractivity contribution in [2.75, 3.05) is 39.9 Å². The second kappa shape index (κ2) is 21.1. The Hall–Kier alpha value is -4.10. The number of carbonyl (C=O) groups excluding carboxylic acids is 4. The Morgan fingerprint density at radius 3 is 2.41 bits per heavy atom. The van der Waals surface area contributed by atoms with Gasteiger partial charge in [0, 0.05) is 47.8 Å². The fourth-order valence-electron chi connectivity index (χ4n) is 10.1. The number of fused-ring (bicyclic) bond motifs is 2. The van der Waals surface area contributed by atoms with Crippen molar-refractivity contribution >= 4 is 52.6 Å². The number of nitrogens with zero attached hydrogens (tertiary/aromatic N) is 3. The number of benzene rings is 2. The Labute approximate surface area is 395 Å². The Kier molecular flexibility index (Phi) is 16.0. The van der Waals surface area contributed by atoms with Crippen molar-refractivity contribution in [3.05, 3.63) is 70.6 Å². The number of halogens is 7. The molecule has 2 aromatic carbocycles. The maximum Gasteiger partial charge on any atom is 0.412 e. The van der Waals surface area contributed by atoms with Gasteiger partial charge in [0.1, 0.15) is 12.1 Å². The van der Waals surface area contributed by atoms with Crippen molar-refractivity contribution in [2.24, 2.45) is 5.92 Å². The Bertz CT molecular complexity index is 2330. The number of nitrogens with one attached hydrogen (secondary N) is 2. The summed E-state index contributed by atoms with van der Waals surface area (Å²) in [7, 11) is -3.31. The van der Waals surface area contributed by atoms with Crippen LogP contribution in [0.3, 0.4) is 0 Å².